The molecule has 2 aromatic carbocycles. The summed E-state index contributed by atoms with van der Waals surface area (Å²) in [6, 6.07) is 16.9. The molecule has 0 unspecified atom stereocenters. The average Bonchev–Trinajstić information content (AvgIpc) is 2.69. The lowest BCUT2D eigenvalue weighted by molar-refractivity contribution is -0.138. The molecule has 0 radical (unpaired) electrons. The van der Waals surface area contributed by atoms with Gasteiger partial charge in [0.1, 0.15) is 6.54 Å². The van der Waals surface area contributed by atoms with Crippen LogP contribution in [0, 0.1) is 11.3 Å². The molecule has 0 N–H and O–H groups in total. The zero-order valence-corrected chi connectivity index (χ0v) is 16.2. The largest absolute Gasteiger partial charge is 0.329 e. The van der Waals surface area contributed by atoms with E-state index in [0.717, 1.165) is 16.1 Å². The van der Waals surface area contributed by atoms with E-state index in [9.17, 15) is 9.59 Å². The number of piperazine rings is 1. The van der Waals surface area contributed by atoms with Crippen molar-refractivity contribution in [2.24, 2.45) is 0 Å². The van der Waals surface area contributed by atoms with Crippen LogP contribution >= 0.6 is 11.8 Å². The molecular formula is C21H21N3O2S. The Bertz CT molecular complexity index is 889. The fraction of sp³-hybridized carbons (Fsp3) is 0.286. The van der Waals surface area contributed by atoms with Gasteiger partial charge in [-0.05, 0) is 55.1 Å². The van der Waals surface area contributed by atoms with Crippen molar-refractivity contribution in [1.82, 2.24) is 4.90 Å². The van der Waals surface area contributed by atoms with Gasteiger partial charge in [-0.2, -0.15) is 5.26 Å². The molecule has 27 heavy (non-hydrogen) atoms. The van der Waals surface area contributed by atoms with Gasteiger partial charge in [-0.25, -0.2) is 0 Å². The summed E-state index contributed by atoms with van der Waals surface area (Å²) in [5.41, 5.74) is 2.27. The monoisotopic (exact) mass is 379 g/mol. The van der Waals surface area contributed by atoms with E-state index in [0.29, 0.717) is 18.5 Å². The molecule has 1 heterocycles. The molecule has 6 heteroatoms. The molecule has 1 aliphatic rings. The number of carbonyl (C=O) groups is 2. The molecule has 1 saturated heterocycles. The van der Waals surface area contributed by atoms with Crippen LogP contribution in [0.25, 0.3) is 0 Å². The van der Waals surface area contributed by atoms with Gasteiger partial charge in [-0.15, -0.1) is 11.8 Å². The van der Waals surface area contributed by atoms with Gasteiger partial charge in [0.05, 0.1) is 18.1 Å². The standard InChI is InChI=1S/C21H21N3O2S/c1-15-13-24(18-8-6-16(12-22)7-9-18)21(26)14-23(15)20(25)11-17-4-3-5-19(10-17)27-2/h3-10,15H,11,13-14H2,1-2H3/t15-/m0/s1. The molecule has 0 aliphatic carbocycles. The zero-order valence-electron chi connectivity index (χ0n) is 15.4. The van der Waals surface area contributed by atoms with Gasteiger partial charge in [0.15, 0.2) is 0 Å². The van der Waals surface area contributed by atoms with Gasteiger partial charge in [-0.1, -0.05) is 12.1 Å². The highest BCUT2D eigenvalue weighted by Gasteiger charge is 2.33. The summed E-state index contributed by atoms with van der Waals surface area (Å²) in [6.07, 6.45) is 2.30. The van der Waals surface area contributed by atoms with Crippen molar-refractivity contribution < 1.29 is 9.59 Å². The Hall–Kier alpha value is -2.78. The Labute approximate surface area is 163 Å². The van der Waals surface area contributed by atoms with Crippen LogP contribution in [-0.2, 0) is 16.0 Å². The lowest BCUT2D eigenvalue weighted by Gasteiger charge is -2.39. The quantitative estimate of drug-likeness (QED) is 0.766. The smallest absolute Gasteiger partial charge is 0.246 e. The number of thioether (sulfide) groups is 1. The first-order valence-electron chi connectivity index (χ1n) is 8.74. The minimum Gasteiger partial charge on any atom is -0.329 e. The van der Waals surface area contributed by atoms with E-state index < -0.39 is 0 Å². The normalized spacial score (nSPS) is 16.9. The third kappa shape index (κ3) is 4.32. The number of nitrogens with zero attached hydrogens (tertiary/aromatic N) is 3. The van der Waals surface area contributed by atoms with Crippen LogP contribution in [0.1, 0.15) is 18.1 Å². The molecule has 3 rings (SSSR count). The van der Waals surface area contributed by atoms with Crippen molar-refractivity contribution in [3.05, 3.63) is 59.7 Å². The Morgan fingerprint density at radius 2 is 2.00 bits per heavy atom. The van der Waals surface area contributed by atoms with Crippen molar-refractivity contribution in [3.8, 4) is 6.07 Å². The first kappa shape index (κ1) is 19.0. The molecular weight excluding hydrogens is 358 g/mol. The van der Waals surface area contributed by atoms with E-state index in [1.165, 1.54) is 0 Å². The summed E-state index contributed by atoms with van der Waals surface area (Å²) >= 11 is 1.64. The summed E-state index contributed by atoms with van der Waals surface area (Å²) in [5.74, 6) is -0.141. The minimum atomic E-state index is -0.107. The maximum atomic E-state index is 12.8. The summed E-state index contributed by atoms with van der Waals surface area (Å²) in [7, 11) is 0. The fourth-order valence-electron chi connectivity index (χ4n) is 3.21. The lowest BCUT2D eigenvalue weighted by atomic mass is 10.1. The Morgan fingerprint density at radius 1 is 1.26 bits per heavy atom. The minimum absolute atomic E-state index is 0.0337. The predicted molar refractivity (Wildman–Crippen MR) is 107 cm³/mol. The second kappa shape index (κ2) is 8.28. The van der Waals surface area contributed by atoms with E-state index in [1.54, 1.807) is 45.8 Å². The maximum absolute atomic E-state index is 12.8. The fourth-order valence-corrected chi connectivity index (χ4v) is 3.69. The maximum Gasteiger partial charge on any atom is 0.246 e. The van der Waals surface area contributed by atoms with Crippen LogP contribution in [-0.4, -0.2) is 42.1 Å². The molecule has 1 aliphatic heterocycles. The number of rotatable bonds is 4. The Morgan fingerprint density at radius 3 is 2.67 bits per heavy atom. The van der Waals surface area contributed by atoms with Gasteiger partial charge in [-0.3, -0.25) is 9.59 Å². The van der Waals surface area contributed by atoms with Gasteiger partial charge in [0, 0.05) is 23.2 Å². The van der Waals surface area contributed by atoms with Crippen LogP contribution in [0.4, 0.5) is 5.69 Å². The first-order valence-corrected chi connectivity index (χ1v) is 9.97. The average molecular weight is 379 g/mol. The first-order chi connectivity index (χ1) is 13.0. The number of hydrogen-bond donors (Lipinski definition) is 0. The van der Waals surface area contributed by atoms with Crippen molar-refractivity contribution in [1.29, 1.82) is 5.26 Å². The van der Waals surface area contributed by atoms with Gasteiger partial charge in [0.25, 0.3) is 0 Å². The van der Waals surface area contributed by atoms with Crippen molar-refractivity contribution in [2.75, 3.05) is 24.2 Å². The summed E-state index contributed by atoms with van der Waals surface area (Å²) in [5, 5.41) is 8.91. The van der Waals surface area contributed by atoms with E-state index in [-0.39, 0.29) is 24.4 Å². The van der Waals surface area contributed by atoms with Crippen LogP contribution in [0.2, 0.25) is 0 Å². The molecule has 2 amide bonds. The highest BCUT2D eigenvalue weighted by Crippen LogP contribution is 2.22. The number of anilines is 1. The van der Waals surface area contributed by atoms with Gasteiger partial charge < -0.3 is 9.80 Å². The van der Waals surface area contributed by atoms with Crippen LogP contribution in [0.5, 0.6) is 0 Å². The second-order valence-electron chi connectivity index (χ2n) is 6.56. The third-order valence-electron chi connectivity index (χ3n) is 4.70. The number of nitriles is 1. The SMILES string of the molecule is CSc1cccc(CC(=O)N2CC(=O)N(c3ccc(C#N)cc3)C[C@@H]2C)c1. The van der Waals surface area contributed by atoms with Crippen molar-refractivity contribution in [2.45, 2.75) is 24.3 Å². The number of amides is 2. The summed E-state index contributed by atoms with van der Waals surface area (Å²) < 4.78 is 0. The zero-order chi connectivity index (χ0) is 19.4. The predicted octanol–water partition coefficient (Wildman–Crippen LogP) is 3.09. The second-order valence-corrected chi connectivity index (χ2v) is 7.44. The van der Waals surface area contributed by atoms with Crippen LogP contribution < -0.4 is 4.90 Å². The van der Waals surface area contributed by atoms with Gasteiger partial charge >= 0.3 is 0 Å². The molecule has 2 aromatic rings. The number of hydrogen-bond acceptors (Lipinski definition) is 4. The number of carbonyl (C=O) groups excluding carboxylic acids is 2. The molecule has 138 valence electrons. The molecule has 0 spiro atoms. The van der Waals surface area contributed by atoms with Crippen molar-refractivity contribution >= 4 is 29.3 Å². The number of benzene rings is 2. The van der Waals surface area contributed by atoms with E-state index in [4.69, 9.17) is 5.26 Å². The molecule has 5 nitrogen and oxygen atoms in total. The summed E-state index contributed by atoms with van der Waals surface area (Å²) in [6.45, 7) is 2.48. The van der Waals surface area contributed by atoms with Crippen molar-refractivity contribution in [3.63, 3.8) is 0 Å². The molecule has 0 bridgehead atoms. The van der Waals surface area contributed by atoms with Crippen LogP contribution in [0.3, 0.4) is 0 Å². The Balaban J connectivity index is 1.69. The topological polar surface area (TPSA) is 64.4 Å². The molecule has 0 aromatic heterocycles. The van der Waals surface area contributed by atoms with Crippen LogP contribution in [0.15, 0.2) is 53.4 Å². The Kier molecular flexibility index (Phi) is 5.82. The third-order valence-corrected chi connectivity index (χ3v) is 5.43. The van der Waals surface area contributed by atoms with E-state index in [1.807, 2.05) is 37.4 Å². The van der Waals surface area contributed by atoms with Gasteiger partial charge in [0.2, 0.25) is 11.8 Å². The molecule has 1 atom stereocenters. The van der Waals surface area contributed by atoms with E-state index >= 15 is 0 Å². The molecule has 0 saturated carbocycles. The molecule has 1 fully saturated rings. The lowest BCUT2D eigenvalue weighted by Crippen LogP contribution is -2.57. The highest BCUT2D eigenvalue weighted by molar-refractivity contribution is 7.98. The highest BCUT2D eigenvalue weighted by atomic mass is 32.2. The summed E-state index contributed by atoms with van der Waals surface area (Å²) in [4.78, 5) is 29.9. The van der Waals surface area contributed by atoms with E-state index in [2.05, 4.69) is 6.07 Å².